The van der Waals surface area contributed by atoms with Gasteiger partial charge in [-0.15, -0.1) is 0 Å². The van der Waals surface area contributed by atoms with Crippen molar-refractivity contribution in [3.8, 4) is 0 Å². The summed E-state index contributed by atoms with van der Waals surface area (Å²) in [6.45, 7) is 12.2. The Labute approximate surface area is 212 Å². The van der Waals surface area contributed by atoms with Crippen LogP contribution in [-0.4, -0.2) is 49.2 Å². The van der Waals surface area contributed by atoms with Crippen molar-refractivity contribution in [1.29, 1.82) is 0 Å². The van der Waals surface area contributed by atoms with Gasteiger partial charge in [0.15, 0.2) is 0 Å². The summed E-state index contributed by atoms with van der Waals surface area (Å²) >= 11 is 0. The van der Waals surface area contributed by atoms with Crippen LogP contribution in [0, 0.1) is 11.8 Å². The average molecular weight is 492 g/mol. The number of carbonyl (C=O) groups excluding carboxylic acids is 3. The standard InChI is InChI=1S/C29H33NO6/c1-6-35-28(32)27-24(16-26(31)34-5)25(20(4)23-14-12-22(13-15-23)19(2)3)17-30(27)29(33)36-18-21-10-8-7-9-11-21/h7-15,24-25,27H,2,4,6,16-18H2,1,3,5H3/t24-,25-,27-/m0/s1. The van der Waals surface area contributed by atoms with Gasteiger partial charge in [-0.05, 0) is 36.1 Å². The van der Waals surface area contributed by atoms with Crippen LogP contribution in [0.2, 0.25) is 0 Å². The molecule has 0 saturated carbocycles. The van der Waals surface area contributed by atoms with Gasteiger partial charge in [-0.3, -0.25) is 9.69 Å². The third kappa shape index (κ3) is 6.22. The number of amides is 1. The van der Waals surface area contributed by atoms with E-state index < -0.39 is 35.9 Å². The molecular formula is C29H33NO6. The first-order valence-electron chi connectivity index (χ1n) is 11.9. The minimum atomic E-state index is -1.01. The molecule has 7 nitrogen and oxygen atoms in total. The van der Waals surface area contributed by atoms with Gasteiger partial charge in [-0.25, -0.2) is 9.59 Å². The second kappa shape index (κ2) is 12.2. The summed E-state index contributed by atoms with van der Waals surface area (Å²) < 4.78 is 15.8. The lowest BCUT2D eigenvalue weighted by Crippen LogP contribution is -2.45. The van der Waals surface area contributed by atoms with E-state index in [1.165, 1.54) is 12.0 Å². The van der Waals surface area contributed by atoms with Crippen LogP contribution in [0.3, 0.4) is 0 Å². The zero-order chi connectivity index (χ0) is 26.2. The molecule has 1 heterocycles. The Bertz CT molecular complexity index is 1110. The van der Waals surface area contributed by atoms with E-state index in [0.29, 0.717) is 5.57 Å². The van der Waals surface area contributed by atoms with Gasteiger partial charge >= 0.3 is 18.0 Å². The van der Waals surface area contributed by atoms with Crippen LogP contribution in [0.25, 0.3) is 11.1 Å². The van der Waals surface area contributed by atoms with Crippen molar-refractivity contribution in [3.63, 3.8) is 0 Å². The smallest absolute Gasteiger partial charge is 0.410 e. The van der Waals surface area contributed by atoms with E-state index in [1.54, 1.807) is 6.92 Å². The number of benzene rings is 2. The van der Waals surface area contributed by atoms with Crippen LogP contribution >= 0.6 is 0 Å². The first-order chi connectivity index (χ1) is 17.3. The lowest BCUT2D eigenvalue weighted by Gasteiger charge is -2.26. The number of hydrogen-bond acceptors (Lipinski definition) is 6. The molecule has 1 amide bonds. The second-order valence-corrected chi connectivity index (χ2v) is 8.82. The Balaban J connectivity index is 1.92. The first kappa shape index (κ1) is 26.7. The highest BCUT2D eigenvalue weighted by Gasteiger charge is 2.51. The molecule has 7 heteroatoms. The van der Waals surface area contributed by atoms with Crippen LogP contribution in [0.15, 0.2) is 67.8 Å². The lowest BCUT2D eigenvalue weighted by molar-refractivity contribution is -0.150. The molecule has 0 bridgehead atoms. The molecule has 2 aromatic carbocycles. The number of carbonyl (C=O) groups is 3. The van der Waals surface area contributed by atoms with E-state index in [4.69, 9.17) is 14.2 Å². The van der Waals surface area contributed by atoms with E-state index in [-0.39, 0.29) is 26.2 Å². The Morgan fingerprint density at radius 2 is 1.61 bits per heavy atom. The number of ether oxygens (including phenoxy) is 3. The Morgan fingerprint density at radius 3 is 2.19 bits per heavy atom. The van der Waals surface area contributed by atoms with Gasteiger partial charge in [-0.1, -0.05) is 73.3 Å². The van der Waals surface area contributed by atoms with Crippen molar-refractivity contribution in [3.05, 3.63) is 84.4 Å². The van der Waals surface area contributed by atoms with E-state index in [2.05, 4.69) is 13.2 Å². The Morgan fingerprint density at radius 1 is 0.972 bits per heavy atom. The predicted octanol–water partition coefficient (Wildman–Crippen LogP) is 5.11. The number of allylic oxidation sites excluding steroid dienone is 1. The van der Waals surface area contributed by atoms with Gasteiger partial charge < -0.3 is 14.2 Å². The van der Waals surface area contributed by atoms with Crippen molar-refractivity contribution < 1.29 is 28.6 Å². The van der Waals surface area contributed by atoms with E-state index >= 15 is 0 Å². The summed E-state index contributed by atoms with van der Waals surface area (Å²) in [6, 6.07) is 16.0. The molecule has 3 atom stereocenters. The zero-order valence-corrected chi connectivity index (χ0v) is 21.1. The van der Waals surface area contributed by atoms with Gasteiger partial charge in [0.05, 0.1) is 20.1 Å². The van der Waals surface area contributed by atoms with Gasteiger partial charge in [0.1, 0.15) is 12.6 Å². The molecule has 1 saturated heterocycles. The molecule has 0 spiro atoms. The van der Waals surface area contributed by atoms with Crippen LogP contribution in [0.4, 0.5) is 4.79 Å². The number of rotatable bonds is 9. The van der Waals surface area contributed by atoms with Gasteiger partial charge in [0.2, 0.25) is 0 Å². The van der Waals surface area contributed by atoms with E-state index in [1.807, 2.05) is 61.5 Å². The molecule has 0 radical (unpaired) electrons. The van der Waals surface area contributed by atoms with E-state index in [0.717, 1.165) is 22.3 Å². The maximum Gasteiger partial charge on any atom is 0.410 e. The summed E-state index contributed by atoms with van der Waals surface area (Å²) in [7, 11) is 1.29. The molecule has 0 unspecified atom stereocenters. The quantitative estimate of drug-likeness (QED) is 0.358. The minimum Gasteiger partial charge on any atom is -0.469 e. The van der Waals surface area contributed by atoms with Gasteiger partial charge in [-0.2, -0.15) is 0 Å². The van der Waals surface area contributed by atoms with Crippen LogP contribution in [0.1, 0.15) is 37.0 Å². The monoisotopic (exact) mass is 491 g/mol. The largest absolute Gasteiger partial charge is 0.469 e. The summed E-state index contributed by atoms with van der Waals surface area (Å²) in [5.74, 6) is -2.05. The SMILES string of the molecule is C=C(C)c1ccc(C(=C)[C@@H]2CN(C(=O)OCc3ccccc3)[C@H](C(=O)OCC)[C@H]2CC(=O)OC)cc1. The molecule has 1 fully saturated rings. The Hall–Kier alpha value is -3.87. The summed E-state index contributed by atoms with van der Waals surface area (Å²) in [5, 5.41) is 0. The zero-order valence-electron chi connectivity index (χ0n) is 21.1. The fourth-order valence-electron chi connectivity index (χ4n) is 4.51. The summed E-state index contributed by atoms with van der Waals surface area (Å²) in [5.41, 5.74) is 4.32. The number of hydrogen-bond donors (Lipinski definition) is 0. The van der Waals surface area contributed by atoms with Crippen molar-refractivity contribution in [1.82, 2.24) is 4.90 Å². The molecule has 0 aliphatic carbocycles. The summed E-state index contributed by atoms with van der Waals surface area (Å²) in [4.78, 5) is 40.0. The van der Waals surface area contributed by atoms with Crippen LogP contribution in [0.5, 0.6) is 0 Å². The average Bonchev–Trinajstić information content (AvgIpc) is 3.26. The number of likely N-dealkylation sites (tertiary alicyclic amines) is 1. The fraction of sp³-hybridized carbons (Fsp3) is 0.345. The minimum absolute atomic E-state index is 0.0569. The molecule has 36 heavy (non-hydrogen) atoms. The maximum atomic E-state index is 13.2. The van der Waals surface area contributed by atoms with Gasteiger partial charge in [0, 0.05) is 18.4 Å². The van der Waals surface area contributed by atoms with Crippen LogP contribution in [-0.2, 0) is 30.4 Å². The third-order valence-electron chi connectivity index (χ3n) is 6.45. The number of nitrogens with zero attached hydrogens (tertiary/aromatic N) is 1. The normalized spacial score (nSPS) is 18.9. The topological polar surface area (TPSA) is 82.1 Å². The van der Waals surface area contributed by atoms with Crippen molar-refractivity contribution in [2.45, 2.75) is 32.9 Å². The first-order valence-corrected chi connectivity index (χ1v) is 11.9. The van der Waals surface area contributed by atoms with E-state index in [9.17, 15) is 14.4 Å². The molecule has 3 rings (SSSR count). The molecule has 190 valence electrons. The molecule has 1 aliphatic heterocycles. The van der Waals surface area contributed by atoms with Crippen LogP contribution < -0.4 is 0 Å². The van der Waals surface area contributed by atoms with Gasteiger partial charge in [0.25, 0.3) is 0 Å². The molecular weight excluding hydrogens is 458 g/mol. The molecule has 0 N–H and O–H groups in total. The maximum absolute atomic E-state index is 13.2. The van der Waals surface area contributed by atoms with Crippen molar-refractivity contribution in [2.75, 3.05) is 20.3 Å². The number of esters is 2. The van der Waals surface area contributed by atoms with Crippen molar-refractivity contribution >= 4 is 29.2 Å². The fourth-order valence-corrected chi connectivity index (χ4v) is 4.51. The molecule has 1 aliphatic rings. The second-order valence-electron chi connectivity index (χ2n) is 8.82. The summed E-state index contributed by atoms with van der Waals surface area (Å²) in [6.07, 6.45) is -0.726. The highest BCUT2D eigenvalue weighted by molar-refractivity contribution is 5.85. The predicted molar refractivity (Wildman–Crippen MR) is 138 cm³/mol. The highest BCUT2D eigenvalue weighted by atomic mass is 16.6. The number of methoxy groups -OCH3 is 1. The molecule has 2 aromatic rings. The third-order valence-corrected chi connectivity index (χ3v) is 6.45. The lowest BCUT2D eigenvalue weighted by atomic mass is 9.80. The highest BCUT2D eigenvalue weighted by Crippen LogP contribution is 2.41. The molecule has 0 aromatic heterocycles. The van der Waals surface area contributed by atoms with Crippen molar-refractivity contribution in [2.24, 2.45) is 11.8 Å². The Kier molecular flexibility index (Phi) is 9.06.